The van der Waals surface area contributed by atoms with Gasteiger partial charge >= 0.3 is 0 Å². The molecular weight excluding hydrogens is 562 g/mol. The summed E-state index contributed by atoms with van der Waals surface area (Å²) in [7, 11) is -4.18. The first-order valence-electron chi connectivity index (χ1n) is 15.1. The van der Waals surface area contributed by atoms with Crippen molar-refractivity contribution in [1.82, 2.24) is 10.2 Å². The van der Waals surface area contributed by atoms with Crippen LogP contribution >= 0.6 is 0 Å². The van der Waals surface area contributed by atoms with Crippen molar-refractivity contribution in [3.63, 3.8) is 0 Å². The fourth-order valence-electron chi connectivity index (χ4n) is 5.41. The molecule has 1 N–H and O–H groups in total. The first-order valence-corrected chi connectivity index (χ1v) is 16.5. The molecule has 230 valence electrons. The van der Waals surface area contributed by atoms with Gasteiger partial charge in [0.15, 0.2) is 0 Å². The number of amides is 2. The van der Waals surface area contributed by atoms with E-state index in [4.69, 9.17) is 4.74 Å². The number of ether oxygens (including phenoxy) is 1. The average Bonchev–Trinajstić information content (AvgIpc) is 3.00. The molecule has 0 bridgehead atoms. The second-order valence-corrected chi connectivity index (χ2v) is 13.1. The largest absolute Gasteiger partial charge is 0.492 e. The SMILES string of the molecule is CCOc1ccccc1N(CC(=O)N(Cc1ccccc1C)C(C)C(=O)NC1CCCCC1)S(=O)(=O)c1ccc(C)cc1. The van der Waals surface area contributed by atoms with Gasteiger partial charge < -0.3 is 15.0 Å². The Hall–Kier alpha value is -3.85. The number of carbonyl (C=O) groups is 2. The normalized spacial score (nSPS) is 14.5. The molecule has 1 aliphatic carbocycles. The number of nitrogens with one attached hydrogen (secondary N) is 1. The number of hydrogen-bond donors (Lipinski definition) is 1. The Morgan fingerprint density at radius 1 is 0.930 bits per heavy atom. The van der Waals surface area contributed by atoms with E-state index in [2.05, 4.69) is 5.32 Å². The third-order valence-electron chi connectivity index (χ3n) is 8.04. The van der Waals surface area contributed by atoms with Gasteiger partial charge in [-0.1, -0.05) is 73.4 Å². The minimum Gasteiger partial charge on any atom is -0.492 e. The zero-order valence-electron chi connectivity index (χ0n) is 25.6. The molecule has 43 heavy (non-hydrogen) atoms. The minimum absolute atomic E-state index is 0.0609. The molecule has 0 radical (unpaired) electrons. The molecule has 0 aliphatic heterocycles. The molecule has 0 heterocycles. The summed E-state index contributed by atoms with van der Waals surface area (Å²) in [5.74, 6) is -0.380. The van der Waals surface area contributed by atoms with E-state index < -0.39 is 28.5 Å². The molecule has 0 spiro atoms. The van der Waals surface area contributed by atoms with Crippen LogP contribution in [-0.4, -0.2) is 50.4 Å². The number of aryl methyl sites for hydroxylation is 2. The third-order valence-corrected chi connectivity index (χ3v) is 9.82. The Bertz CT molecular complexity index is 1500. The average molecular weight is 606 g/mol. The molecule has 1 atom stereocenters. The van der Waals surface area contributed by atoms with E-state index in [9.17, 15) is 18.0 Å². The number of carbonyl (C=O) groups excluding carboxylic acids is 2. The van der Waals surface area contributed by atoms with E-state index >= 15 is 0 Å². The minimum atomic E-state index is -4.18. The lowest BCUT2D eigenvalue weighted by atomic mass is 9.95. The fraction of sp³-hybridized carbons (Fsp3) is 0.412. The van der Waals surface area contributed by atoms with Crippen LogP contribution in [0.1, 0.15) is 62.6 Å². The topological polar surface area (TPSA) is 96.0 Å². The van der Waals surface area contributed by atoms with Gasteiger partial charge in [-0.2, -0.15) is 0 Å². The summed E-state index contributed by atoms with van der Waals surface area (Å²) in [6, 6.07) is 20.3. The van der Waals surface area contributed by atoms with Crippen LogP contribution < -0.4 is 14.4 Å². The van der Waals surface area contributed by atoms with E-state index in [1.807, 2.05) is 45.0 Å². The summed E-state index contributed by atoms with van der Waals surface area (Å²) in [6.45, 7) is 7.34. The van der Waals surface area contributed by atoms with Crippen LogP contribution in [0, 0.1) is 13.8 Å². The quantitative estimate of drug-likeness (QED) is 0.283. The highest BCUT2D eigenvalue weighted by atomic mass is 32.2. The molecule has 3 aromatic carbocycles. The number of benzene rings is 3. The molecule has 8 nitrogen and oxygen atoms in total. The van der Waals surface area contributed by atoms with Gasteiger partial charge in [-0.05, 0) is 75.9 Å². The maximum atomic E-state index is 14.3. The Morgan fingerprint density at radius 3 is 2.26 bits per heavy atom. The summed E-state index contributed by atoms with van der Waals surface area (Å²) in [6.07, 6.45) is 5.13. The molecule has 0 saturated heterocycles. The van der Waals surface area contributed by atoms with Gasteiger partial charge in [0, 0.05) is 12.6 Å². The lowest BCUT2D eigenvalue weighted by Gasteiger charge is -2.33. The zero-order valence-corrected chi connectivity index (χ0v) is 26.4. The van der Waals surface area contributed by atoms with Crippen molar-refractivity contribution < 1.29 is 22.7 Å². The van der Waals surface area contributed by atoms with Crippen LogP contribution in [0.2, 0.25) is 0 Å². The van der Waals surface area contributed by atoms with E-state index in [1.54, 1.807) is 43.3 Å². The van der Waals surface area contributed by atoms with Gasteiger partial charge in [-0.3, -0.25) is 13.9 Å². The predicted octanol–water partition coefficient (Wildman–Crippen LogP) is 5.76. The van der Waals surface area contributed by atoms with E-state index in [-0.39, 0.29) is 29.1 Å². The number of anilines is 1. The summed E-state index contributed by atoms with van der Waals surface area (Å²) in [4.78, 5) is 29.4. The van der Waals surface area contributed by atoms with Crippen molar-refractivity contribution in [3.8, 4) is 5.75 Å². The monoisotopic (exact) mass is 605 g/mol. The Morgan fingerprint density at radius 2 is 1.58 bits per heavy atom. The van der Waals surface area contributed by atoms with Gasteiger partial charge in [0.1, 0.15) is 18.3 Å². The molecule has 3 aromatic rings. The highest BCUT2D eigenvalue weighted by molar-refractivity contribution is 7.92. The number of rotatable bonds is 12. The van der Waals surface area contributed by atoms with Crippen LogP contribution in [-0.2, 0) is 26.2 Å². The van der Waals surface area contributed by atoms with Gasteiger partial charge in [0.2, 0.25) is 11.8 Å². The van der Waals surface area contributed by atoms with Crippen molar-refractivity contribution in [3.05, 3.63) is 89.5 Å². The second-order valence-electron chi connectivity index (χ2n) is 11.2. The molecule has 1 fully saturated rings. The van der Waals surface area contributed by atoms with Crippen molar-refractivity contribution in [1.29, 1.82) is 0 Å². The zero-order chi connectivity index (χ0) is 31.0. The number of sulfonamides is 1. The van der Waals surface area contributed by atoms with Crippen molar-refractivity contribution >= 4 is 27.5 Å². The molecule has 1 unspecified atom stereocenters. The molecular formula is C34H43N3O5S. The lowest BCUT2D eigenvalue weighted by molar-refractivity contribution is -0.139. The number of nitrogens with zero attached hydrogens (tertiary/aromatic N) is 2. The van der Waals surface area contributed by atoms with Gasteiger partial charge in [-0.15, -0.1) is 0 Å². The Kier molecular flexibility index (Phi) is 10.9. The lowest BCUT2D eigenvalue weighted by Crippen LogP contribution is -2.53. The second kappa shape index (κ2) is 14.6. The fourth-order valence-corrected chi connectivity index (χ4v) is 6.84. The van der Waals surface area contributed by atoms with Gasteiger partial charge in [0.25, 0.3) is 10.0 Å². The van der Waals surface area contributed by atoms with Crippen LogP contribution in [0.4, 0.5) is 5.69 Å². The standard InChI is InChI=1S/C34H43N3O5S/c1-5-42-32-18-12-11-17-31(32)37(43(40,41)30-21-19-25(2)20-22-30)24-33(38)36(23-28-14-10-9-13-26(28)3)27(4)34(39)35-29-15-7-6-8-16-29/h9-14,17-22,27,29H,5-8,15-16,23-24H2,1-4H3,(H,35,39). The molecule has 4 rings (SSSR count). The number of para-hydroxylation sites is 2. The highest BCUT2D eigenvalue weighted by Gasteiger charge is 2.34. The van der Waals surface area contributed by atoms with Crippen molar-refractivity contribution in [2.75, 3.05) is 17.5 Å². The summed E-state index contributed by atoms with van der Waals surface area (Å²) < 4.78 is 35.2. The predicted molar refractivity (Wildman–Crippen MR) is 170 cm³/mol. The highest BCUT2D eigenvalue weighted by Crippen LogP contribution is 2.33. The molecule has 9 heteroatoms. The molecule has 1 aliphatic rings. The van der Waals surface area contributed by atoms with Crippen molar-refractivity contribution in [2.45, 2.75) is 83.3 Å². The maximum absolute atomic E-state index is 14.3. The van der Waals surface area contributed by atoms with Crippen molar-refractivity contribution in [2.24, 2.45) is 0 Å². The third kappa shape index (κ3) is 7.96. The van der Waals surface area contributed by atoms with Gasteiger partial charge in [0.05, 0.1) is 17.2 Å². The molecule has 2 amide bonds. The number of hydrogen-bond acceptors (Lipinski definition) is 5. The molecule has 0 aromatic heterocycles. The van der Waals surface area contributed by atoms with E-state index in [0.717, 1.165) is 53.1 Å². The Labute approximate surface area is 256 Å². The van der Waals surface area contributed by atoms with E-state index in [1.165, 1.54) is 17.0 Å². The first-order chi connectivity index (χ1) is 20.6. The van der Waals surface area contributed by atoms with Crippen LogP contribution in [0.3, 0.4) is 0 Å². The first kappa shape index (κ1) is 32.1. The smallest absolute Gasteiger partial charge is 0.264 e. The summed E-state index contributed by atoms with van der Waals surface area (Å²) >= 11 is 0. The van der Waals surface area contributed by atoms with Crippen LogP contribution in [0.25, 0.3) is 0 Å². The Balaban J connectivity index is 1.72. The maximum Gasteiger partial charge on any atom is 0.264 e. The van der Waals surface area contributed by atoms with Crippen LogP contribution in [0.15, 0.2) is 77.7 Å². The molecule has 1 saturated carbocycles. The summed E-state index contributed by atoms with van der Waals surface area (Å²) in [5.41, 5.74) is 3.04. The van der Waals surface area contributed by atoms with Gasteiger partial charge in [-0.25, -0.2) is 8.42 Å². The summed E-state index contributed by atoms with van der Waals surface area (Å²) in [5, 5.41) is 3.14. The van der Waals surface area contributed by atoms with E-state index in [0.29, 0.717) is 12.4 Å². The van der Waals surface area contributed by atoms with Crippen LogP contribution in [0.5, 0.6) is 5.75 Å².